The third-order valence-electron chi connectivity index (χ3n) is 3.85. The number of aromatic nitrogens is 3. The molecule has 0 aliphatic carbocycles. The van der Waals surface area contributed by atoms with E-state index in [-0.39, 0.29) is 12.4 Å². The van der Waals surface area contributed by atoms with Crippen LogP contribution in [0.5, 0.6) is 11.5 Å². The van der Waals surface area contributed by atoms with Gasteiger partial charge in [-0.3, -0.25) is 15.1 Å². The van der Waals surface area contributed by atoms with Gasteiger partial charge in [0.25, 0.3) is 5.91 Å². The van der Waals surface area contributed by atoms with Crippen molar-refractivity contribution in [2.75, 3.05) is 12.4 Å². The van der Waals surface area contributed by atoms with Crippen LogP contribution in [0.3, 0.4) is 0 Å². The zero-order valence-corrected chi connectivity index (χ0v) is 16.2. The van der Waals surface area contributed by atoms with Crippen LogP contribution in [-0.4, -0.2) is 28.2 Å². The maximum Gasteiger partial charge on any atom is 0.293 e. The van der Waals surface area contributed by atoms with Gasteiger partial charge >= 0.3 is 0 Å². The Bertz CT molecular complexity index is 1110. The third kappa shape index (κ3) is 4.41. The molecule has 4 rings (SSSR count). The topological polar surface area (TPSA) is 99.4 Å². The van der Waals surface area contributed by atoms with Crippen molar-refractivity contribution in [2.45, 2.75) is 6.61 Å². The number of anilines is 1. The number of carbonyl (C=O) groups is 1. The van der Waals surface area contributed by atoms with E-state index >= 15 is 0 Å². The highest BCUT2D eigenvalue weighted by molar-refractivity contribution is 7.18. The van der Waals surface area contributed by atoms with Crippen molar-refractivity contribution < 1.29 is 18.7 Å². The normalized spacial score (nSPS) is 10.5. The Hall–Kier alpha value is -3.72. The SMILES string of the molecule is COc1ccccc1OCc1ccc(C(=O)Nc2nnc(-c3ccccn3)s2)o1. The van der Waals surface area contributed by atoms with Crippen molar-refractivity contribution in [3.05, 3.63) is 72.3 Å². The first-order valence-electron chi connectivity index (χ1n) is 8.64. The molecule has 0 unspecified atom stereocenters. The molecule has 146 valence electrons. The van der Waals surface area contributed by atoms with Crippen LogP contribution in [0, 0.1) is 0 Å². The molecule has 4 aromatic rings. The second-order valence-corrected chi connectivity index (χ2v) is 6.76. The maximum atomic E-state index is 12.4. The van der Waals surface area contributed by atoms with E-state index in [0.717, 1.165) is 0 Å². The number of amides is 1. The Morgan fingerprint density at radius 1 is 1.07 bits per heavy atom. The third-order valence-corrected chi connectivity index (χ3v) is 4.72. The van der Waals surface area contributed by atoms with E-state index in [4.69, 9.17) is 13.9 Å². The van der Waals surface area contributed by atoms with Crippen molar-refractivity contribution in [3.63, 3.8) is 0 Å². The van der Waals surface area contributed by atoms with E-state index in [1.54, 1.807) is 37.6 Å². The monoisotopic (exact) mass is 408 g/mol. The summed E-state index contributed by atoms with van der Waals surface area (Å²) >= 11 is 1.23. The van der Waals surface area contributed by atoms with Crippen LogP contribution in [0.4, 0.5) is 5.13 Å². The minimum absolute atomic E-state index is 0.151. The predicted molar refractivity (Wildman–Crippen MR) is 107 cm³/mol. The number of ether oxygens (including phenoxy) is 2. The van der Waals surface area contributed by atoms with E-state index in [2.05, 4.69) is 20.5 Å². The van der Waals surface area contributed by atoms with Gasteiger partial charge in [0.2, 0.25) is 5.13 Å². The fraction of sp³-hybridized carbons (Fsp3) is 0.100. The number of pyridine rings is 1. The summed E-state index contributed by atoms with van der Waals surface area (Å²) in [5.74, 6) is 1.45. The van der Waals surface area contributed by atoms with E-state index in [9.17, 15) is 4.79 Å². The lowest BCUT2D eigenvalue weighted by atomic mass is 10.3. The van der Waals surface area contributed by atoms with Crippen molar-refractivity contribution in [3.8, 4) is 22.2 Å². The van der Waals surface area contributed by atoms with Crippen molar-refractivity contribution in [1.82, 2.24) is 15.2 Å². The standard InChI is InChI=1S/C20H16N4O4S/c1-26-15-7-2-3-8-16(15)27-12-13-9-10-17(28-13)18(25)22-20-24-23-19(29-20)14-6-4-5-11-21-14/h2-11H,12H2,1H3,(H,22,24,25). The molecule has 0 bridgehead atoms. The van der Waals surface area contributed by atoms with E-state index in [1.807, 2.05) is 30.3 Å². The zero-order chi connectivity index (χ0) is 20.1. The minimum atomic E-state index is -0.419. The predicted octanol–water partition coefficient (Wildman–Crippen LogP) is 4.03. The highest BCUT2D eigenvalue weighted by Gasteiger charge is 2.15. The molecule has 0 atom stereocenters. The van der Waals surface area contributed by atoms with Crippen LogP contribution in [0.15, 0.2) is 65.2 Å². The number of hydrogen-bond donors (Lipinski definition) is 1. The molecule has 9 heteroatoms. The van der Waals surface area contributed by atoms with Crippen molar-refractivity contribution in [2.24, 2.45) is 0 Å². The Kier molecular flexibility index (Phi) is 5.48. The van der Waals surface area contributed by atoms with Gasteiger partial charge in [0.1, 0.15) is 18.1 Å². The van der Waals surface area contributed by atoms with Crippen LogP contribution < -0.4 is 14.8 Å². The van der Waals surface area contributed by atoms with E-state index in [0.29, 0.717) is 33.1 Å². The number of nitrogens with zero attached hydrogens (tertiary/aromatic N) is 3. The summed E-state index contributed by atoms with van der Waals surface area (Å²) in [6.07, 6.45) is 1.67. The van der Waals surface area contributed by atoms with Crippen molar-refractivity contribution in [1.29, 1.82) is 0 Å². The summed E-state index contributed by atoms with van der Waals surface area (Å²) in [4.78, 5) is 16.6. The van der Waals surface area contributed by atoms with Crippen LogP contribution >= 0.6 is 11.3 Å². The fourth-order valence-corrected chi connectivity index (χ4v) is 3.21. The number of furan rings is 1. The van der Waals surface area contributed by atoms with Gasteiger partial charge in [0.05, 0.1) is 7.11 Å². The Morgan fingerprint density at radius 3 is 2.69 bits per heavy atom. The first-order valence-corrected chi connectivity index (χ1v) is 9.45. The lowest BCUT2D eigenvalue weighted by Gasteiger charge is -2.08. The molecule has 0 saturated heterocycles. The molecule has 1 N–H and O–H groups in total. The second kappa shape index (κ2) is 8.53. The van der Waals surface area contributed by atoms with Crippen LogP contribution in [0.25, 0.3) is 10.7 Å². The number of para-hydroxylation sites is 2. The number of carbonyl (C=O) groups excluding carboxylic acids is 1. The van der Waals surface area contributed by atoms with E-state index in [1.165, 1.54) is 11.3 Å². The summed E-state index contributed by atoms with van der Waals surface area (Å²) in [7, 11) is 1.57. The molecule has 1 amide bonds. The first-order chi connectivity index (χ1) is 14.2. The van der Waals surface area contributed by atoms with Crippen LogP contribution in [-0.2, 0) is 6.61 Å². The van der Waals surface area contributed by atoms with Gasteiger partial charge in [-0.05, 0) is 36.4 Å². The molecule has 0 aliphatic heterocycles. The lowest BCUT2D eigenvalue weighted by Crippen LogP contribution is -2.10. The average molecular weight is 408 g/mol. The molecule has 8 nitrogen and oxygen atoms in total. The summed E-state index contributed by atoms with van der Waals surface area (Å²) < 4.78 is 16.5. The highest BCUT2D eigenvalue weighted by atomic mass is 32.1. The Balaban J connectivity index is 1.38. The Morgan fingerprint density at radius 2 is 1.90 bits per heavy atom. The van der Waals surface area contributed by atoms with Gasteiger partial charge in [-0.15, -0.1) is 10.2 Å². The fourth-order valence-electron chi connectivity index (χ4n) is 2.49. The number of benzene rings is 1. The zero-order valence-electron chi connectivity index (χ0n) is 15.4. The molecular formula is C20H16N4O4S. The molecular weight excluding hydrogens is 392 g/mol. The lowest BCUT2D eigenvalue weighted by molar-refractivity contribution is 0.0992. The molecule has 0 spiro atoms. The van der Waals surface area contributed by atoms with Gasteiger partial charge in [-0.25, -0.2) is 0 Å². The summed E-state index contributed by atoms with van der Waals surface area (Å²) in [5, 5.41) is 11.7. The summed E-state index contributed by atoms with van der Waals surface area (Å²) in [6.45, 7) is 0.163. The Labute approximate surface area is 170 Å². The quantitative estimate of drug-likeness (QED) is 0.493. The maximum absolute atomic E-state index is 12.4. The number of methoxy groups -OCH3 is 1. The first kappa shape index (κ1) is 18.6. The average Bonchev–Trinajstić information content (AvgIpc) is 3.43. The van der Waals surface area contributed by atoms with Gasteiger partial charge in [0, 0.05) is 6.20 Å². The molecule has 1 aromatic carbocycles. The van der Waals surface area contributed by atoms with Crippen LogP contribution in [0.1, 0.15) is 16.3 Å². The van der Waals surface area contributed by atoms with Gasteiger partial charge in [0.15, 0.2) is 22.3 Å². The second-order valence-electron chi connectivity index (χ2n) is 5.79. The van der Waals surface area contributed by atoms with Crippen molar-refractivity contribution >= 4 is 22.4 Å². The van der Waals surface area contributed by atoms with Gasteiger partial charge in [-0.2, -0.15) is 0 Å². The van der Waals surface area contributed by atoms with E-state index < -0.39 is 5.91 Å². The molecule has 3 heterocycles. The van der Waals surface area contributed by atoms with Crippen LogP contribution in [0.2, 0.25) is 0 Å². The number of nitrogens with one attached hydrogen (secondary N) is 1. The van der Waals surface area contributed by atoms with Gasteiger partial charge in [-0.1, -0.05) is 29.5 Å². The van der Waals surface area contributed by atoms with Gasteiger partial charge < -0.3 is 13.9 Å². The molecule has 0 fully saturated rings. The molecule has 3 aromatic heterocycles. The smallest absolute Gasteiger partial charge is 0.293 e. The minimum Gasteiger partial charge on any atom is -0.493 e. The molecule has 0 saturated carbocycles. The summed E-state index contributed by atoms with van der Waals surface area (Å²) in [5.41, 5.74) is 0.694. The number of rotatable bonds is 7. The molecule has 0 aliphatic rings. The number of hydrogen-bond acceptors (Lipinski definition) is 8. The summed E-state index contributed by atoms with van der Waals surface area (Å²) in [6, 6.07) is 16.1. The largest absolute Gasteiger partial charge is 0.493 e. The molecule has 0 radical (unpaired) electrons. The molecule has 29 heavy (non-hydrogen) atoms. The highest BCUT2D eigenvalue weighted by Crippen LogP contribution is 2.27.